The summed E-state index contributed by atoms with van der Waals surface area (Å²) in [5.74, 6) is -1.62. The summed E-state index contributed by atoms with van der Waals surface area (Å²) in [6.45, 7) is 8.59. The third-order valence-corrected chi connectivity index (χ3v) is 2.99. The lowest BCUT2D eigenvalue weighted by Gasteiger charge is -2.22. The van der Waals surface area contributed by atoms with E-state index in [1.54, 1.807) is 34.6 Å². The van der Waals surface area contributed by atoms with Crippen molar-refractivity contribution in [2.24, 2.45) is 0 Å². The van der Waals surface area contributed by atoms with Crippen LogP contribution in [0.15, 0.2) is 12.1 Å². The predicted molar refractivity (Wildman–Crippen MR) is 79.4 cm³/mol. The van der Waals surface area contributed by atoms with Gasteiger partial charge in [-0.1, -0.05) is 0 Å². The summed E-state index contributed by atoms with van der Waals surface area (Å²) in [6.07, 6.45) is -0.738. The van der Waals surface area contributed by atoms with Gasteiger partial charge in [0.2, 0.25) is 0 Å². The maximum Gasteiger partial charge on any atom is 0.418 e. The number of hydrogen-bond acceptors (Lipinski definition) is 3. The molecule has 0 unspecified atom stereocenters. The first-order valence-corrected chi connectivity index (χ1v) is 7.02. The van der Waals surface area contributed by atoms with Gasteiger partial charge in [0.1, 0.15) is 5.60 Å². The Balaban J connectivity index is 2.67. The Kier molecular flexibility index (Phi) is 4.13. The fraction of sp³-hybridized carbons (Fsp3) is 0.438. The third-order valence-electron chi connectivity index (χ3n) is 2.99. The van der Waals surface area contributed by atoms with Crippen LogP contribution in [0.4, 0.5) is 13.6 Å². The maximum atomic E-state index is 14.6. The lowest BCUT2D eigenvalue weighted by Crippen LogP contribution is -2.23. The smallest absolute Gasteiger partial charge is 0.418 e. The lowest BCUT2D eigenvalue weighted by atomic mass is 10.1. The van der Waals surface area contributed by atoms with Crippen molar-refractivity contribution in [3.05, 3.63) is 29.5 Å². The molecular formula is C16H19F2NO3. The fourth-order valence-corrected chi connectivity index (χ4v) is 2.25. The molecule has 22 heavy (non-hydrogen) atoms. The van der Waals surface area contributed by atoms with Crippen LogP contribution in [0.25, 0.3) is 10.9 Å². The number of nitrogens with zero attached hydrogens (tertiary/aromatic N) is 1. The summed E-state index contributed by atoms with van der Waals surface area (Å²) in [6, 6.07) is 2.36. The zero-order chi connectivity index (χ0) is 16.7. The Morgan fingerprint density at radius 2 is 1.91 bits per heavy atom. The van der Waals surface area contributed by atoms with Gasteiger partial charge >= 0.3 is 6.09 Å². The molecule has 0 atom stereocenters. The van der Waals surface area contributed by atoms with E-state index in [0.717, 1.165) is 10.6 Å². The maximum absolute atomic E-state index is 14.6. The summed E-state index contributed by atoms with van der Waals surface area (Å²) in [5, 5.41) is -0.00944. The highest BCUT2D eigenvalue weighted by Crippen LogP contribution is 2.33. The molecule has 2 rings (SSSR count). The fourth-order valence-electron chi connectivity index (χ4n) is 2.25. The number of aryl methyl sites for hydroxylation is 1. The van der Waals surface area contributed by atoms with Crippen molar-refractivity contribution in [1.82, 2.24) is 4.57 Å². The van der Waals surface area contributed by atoms with E-state index < -0.39 is 23.3 Å². The first-order valence-electron chi connectivity index (χ1n) is 7.02. The number of aromatic nitrogens is 1. The number of hydrogen-bond donors (Lipinski definition) is 0. The van der Waals surface area contributed by atoms with E-state index in [9.17, 15) is 13.6 Å². The summed E-state index contributed by atoms with van der Waals surface area (Å²) in [4.78, 5) is 11.9. The van der Waals surface area contributed by atoms with Crippen molar-refractivity contribution in [2.45, 2.75) is 40.2 Å². The minimum atomic E-state index is -0.739. The number of ether oxygens (including phenoxy) is 2. The number of carbonyl (C=O) groups is 1. The van der Waals surface area contributed by atoms with Crippen molar-refractivity contribution in [1.29, 1.82) is 0 Å². The molecule has 0 N–H and O–H groups in total. The number of halogens is 2. The Morgan fingerprint density at radius 3 is 2.45 bits per heavy atom. The van der Waals surface area contributed by atoms with Crippen molar-refractivity contribution >= 4 is 17.0 Å². The van der Waals surface area contributed by atoms with E-state index in [1.165, 1.54) is 6.07 Å². The Morgan fingerprint density at radius 1 is 1.27 bits per heavy atom. The van der Waals surface area contributed by atoms with E-state index in [4.69, 9.17) is 9.47 Å². The van der Waals surface area contributed by atoms with Gasteiger partial charge in [-0.3, -0.25) is 0 Å². The minimum absolute atomic E-state index is 0.00944. The van der Waals surface area contributed by atoms with Crippen LogP contribution in [-0.2, 0) is 4.74 Å². The number of fused-ring (bicyclic) bond motifs is 1. The SMILES string of the molecule is CCOC(=O)n1c(C)cc2c(F)c(OC(C)(C)C)cc(F)c21. The second-order valence-electron chi connectivity index (χ2n) is 5.97. The van der Waals surface area contributed by atoms with Crippen LogP contribution < -0.4 is 4.74 Å². The Hall–Kier alpha value is -2.11. The monoisotopic (exact) mass is 311 g/mol. The number of benzene rings is 1. The van der Waals surface area contributed by atoms with Crippen LogP contribution in [0.2, 0.25) is 0 Å². The van der Waals surface area contributed by atoms with E-state index in [0.29, 0.717) is 5.69 Å². The van der Waals surface area contributed by atoms with Crippen LogP contribution in [0.1, 0.15) is 33.4 Å². The van der Waals surface area contributed by atoms with Crippen LogP contribution in [-0.4, -0.2) is 22.9 Å². The standard InChI is InChI=1S/C16H19F2NO3/c1-6-21-15(20)19-9(2)7-10-13(18)12(22-16(3,4)5)8-11(17)14(10)19/h7-8H,6H2,1-5H3. The van der Waals surface area contributed by atoms with Gasteiger partial charge < -0.3 is 9.47 Å². The van der Waals surface area contributed by atoms with Gasteiger partial charge in [-0.25, -0.2) is 18.1 Å². The zero-order valence-electron chi connectivity index (χ0n) is 13.3. The quantitative estimate of drug-likeness (QED) is 0.825. The molecule has 0 saturated heterocycles. The van der Waals surface area contributed by atoms with Crippen molar-refractivity contribution in [3.8, 4) is 5.75 Å². The molecular weight excluding hydrogens is 292 g/mol. The topological polar surface area (TPSA) is 40.5 Å². The number of carbonyl (C=O) groups excluding carboxylic acids is 1. The van der Waals surface area contributed by atoms with E-state index >= 15 is 0 Å². The average molecular weight is 311 g/mol. The van der Waals surface area contributed by atoms with Gasteiger partial charge in [-0.15, -0.1) is 0 Å². The average Bonchev–Trinajstić information content (AvgIpc) is 2.72. The van der Waals surface area contributed by atoms with Crippen LogP contribution in [0, 0.1) is 18.6 Å². The number of rotatable bonds is 2. The highest BCUT2D eigenvalue weighted by atomic mass is 19.1. The van der Waals surface area contributed by atoms with E-state index in [-0.39, 0.29) is 23.3 Å². The predicted octanol–water partition coefficient (Wildman–Crippen LogP) is 4.41. The molecule has 0 aliphatic carbocycles. The van der Waals surface area contributed by atoms with Gasteiger partial charge in [0.15, 0.2) is 17.4 Å². The van der Waals surface area contributed by atoms with Gasteiger partial charge in [0.05, 0.1) is 12.1 Å². The first-order chi connectivity index (χ1) is 10.2. The normalized spacial score (nSPS) is 11.8. The molecule has 6 heteroatoms. The van der Waals surface area contributed by atoms with E-state index in [2.05, 4.69) is 0 Å². The molecule has 0 radical (unpaired) electrons. The zero-order valence-corrected chi connectivity index (χ0v) is 13.3. The van der Waals surface area contributed by atoms with Crippen molar-refractivity contribution in [2.75, 3.05) is 6.61 Å². The second kappa shape index (κ2) is 5.59. The largest absolute Gasteiger partial charge is 0.485 e. The summed E-state index contributed by atoms with van der Waals surface area (Å²) >= 11 is 0. The minimum Gasteiger partial charge on any atom is -0.485 e. The van der Waals surface area contributed by atoms with Gasteiger partial charge in [0, 0.05) is 17.1 Å². The highest BCUT2D eigenvalue weighted by molar-refractivity contribution is 5.92. The summed E-state index contributed by atoms with van der Waals surface area (Å²) < 4.78 is 40.3. The van der Waals surface area contributed by atoms with E-state index in [1.807, 2.05) is 0 Å². The molecule has 0 spiro atoms. The highest BCUT2D eigenvalue weighted by Gasteiger charge is 2.24. The molecule has 0 aliphatic heterocycles. The first kappa shape index (κ1) is 16.3. The Bertz CT molecular complexity index is 729. The molecule has 0 bridgehead atoms. The molecule has 0 fully saturated rings. The molecule has 0 amide bonds. The van der Waals surface area contributed by atoms with Crippen molar-refractivity contribution in [3.63, 3.8) is 0 Å². The molecule has 2 aromatic rings. The van der Waals surface area contributed by atoms with Crippen LogP contribution in [0.3, 0.4) is 0 Å². The molecule has 0 saturated carbocycles. The molecule has 0 aliphatic rings. The molecule has 4 nitrogen and oxygen atoms in total. The van der Waals surface area contributed by atoms with Crippen LogP contribution in [0.5, 0.6) is 5.75 Å². The molecule has 1 heterocycles. The molecule has 1 aromatic heterocycles. The van der Waals surface area contributed by atoms with Crippen molar-refractivity contribution < 1.29 is 23.0 Å². The summed E-state index contributed by atoms with van der Waals surface area (Å²) in [7, 11) is 0. The van der Waals surface area contributed by atoms with Gasteiger partial charge in [-0.2, -0.15) is 0 Å². The van der Waals surface area contributed by atoms with Crippen LogP contribution >= 0.6 is 0 Å². The van der Waals surface area contributed by atoms with Gasteiger partial charge in [0.25, 0.3) is 0 Å². The van der Waals surface area contributed by atoms with Gasteiger partial charge in [-0.05, 0) is 40.7 Å². The second-order valence-corrected chi connectivity index (χ2v) is 5.97. The lowest BCUT2D eigenvalue weighted by molar-refractivity contribution is 0.124. The Labute approximate surface area is 127 Å². The molecule has 120 valence electrons. The third kappa shape index (κ3) is 2.91. The molecule has 1 aromatic carbocycles. The summed E-state index contributed by atoms with van der Waals surface area (Å²) in [5.41, 5.74) is -0.423.